The first kappa shape index (κ1) is 15.0. The van der Waals surface area contributed by atoms with Gasteiger partial charge >= 0.3 is 12.0 Å². The number of pyridine rings is 1. The third-order valence-corrected chi connectivity index (χ3v) is 3.51. The van der Waals surface area contributed by atoms with Crippen LogP contribution in [-0.4, -0.2) is 40.1 Å². The topological polar surface area (TPSA) is 82.5 Å². The molecule has 1 aromatic heterocycles. The lowest BCUT2D eigenvalue weighted by Gasteiger charge is -2.30. The number of aliphatic carboxylic acids is 1. The lowest BCUT2D eigenvalue weighted by Crippen LogP contribution is -2.40. The minimum Gasteiger partial charge on any atom is -0.478 e. The van der Waals surface area contributed by atoms with Crippen molar-refractivity contribution in [1.29, 1.82) is 0 Å². The number of carbonyl (C=O) groups is 2. The summed E-state index contributed by atoms with van der Waals surface area (Å²) in [6.45, 7) is 3.70. The van der Waals surface area contributed by atoms with Gasteiger partial charge in [0.2, 0.25) is 0 Å². The van der Waals surface area contributed by atoms with Gasteiger partial charge in [0.25, 0.3) is 0 Å². The third kappa shape index (κ3) is 4.59. The number of aromatic nitrogens is 1. The van der Waals surface area contributed by atoms with Crippen LogP contribution in [0.1, 0.15) is 25.3 Å². The Hall–Kier alpha value is -2.37. The number of hydrogen-bond acceptors (Lipinski definition) is 3. The van der Waals surface area contributed by atoms with Gasteiger partial charge in [0, 0.05) is 25.4 Å². The van der Waals surface area contributed by atoms with Crippen LogP contribution in [0, 0.1) is 5.92 Å². The quantitative estimate of drug-likeness (QED) is 0.837. The molecule has 0 aliphatic carbocycles. The highest BCUT2D eigenvalue weighted by Crippen LogP contribution is 2.17. The van der Waals surface area contributed by atoms with Crippen molar-refractivity contribution < 1.29 is 14.7 Å². The summed E-state index contributed by atoms with van der Waals surface area (Å²) in [5.41, 5.74) is 0.676. The molecular formula is C15H19N3O3. The smallest absolute Gasteiger partial charge is 0.328 e. The van der Waals surface area contributed by atoms with Crippen molar-refractivity contribution in [3.8, 4) is 0 Å². The first-order chi connectivity index (χ1) is 10.0. The van der Waals surface area contributed by atoms with Gasteiger partial charge in [-0.1, -0.05) is 6.92 Å². The summed E-state index contributed by atoms with van der Waals surface area (Å²) in [5, 5.41) is 11.4. The number of carbonyl (C=O) groups excluding carboxylic acids is 1. The zero-order chi connectivity index (χ0) is 15.2. The number of urea groups is 1. The molecule has 112 valence electrons. The maximum absolute atomic E-state index is 12.1. The van der Waals surface area contributed by atoms with Gasteiger partial charge < -0.3 is 10.0 Å². The second-order valence-corrected chi connectivity index (χ2v) is 5.25. The van der Waals surface area contributed by atoms with E-state index >= 15 is 0 Å². The molecule has 2 N–H and O–H groups in total. The highest BCUT2D eigenvalue weighted by Gasteiger charge is 2.20. The molecule has 0 spiro atoms. The number of carboxylic acid groups (broad SMARTS) is 1. The van der Waals surface area contributed by atoms with Gasteiger partial charge in [0.15, 0.2) is 0 Å². The van der Waals surface area contributed by atoms with E-state index in [-0.39, 0.29) is 6.03 Å². The Balaban J connectivity index is 1.97. The molecule has 1 fully saturated rings. The summed E-state index contributed by atoms with van der Waals surface area (Å²) in [6, 6.07) is 3.16. The van der Waals surface area contributed by atoms with Crippen molar-refractivity contribution in [1.82, 2.24) is 9.88 Å². The molecule has 0 aromatic carbocycles. The molecule has 2 rings (SSSR count). The summed E-state index contributed by atoms with van der Waals surface area (Å²) in [7, 11) is 0. The molecule has 0 radical (unpaired) electrons. The number of rotatable bonds is 3. The molecule has 6 heteroatoms. The molecule has 0 saturated carbocycles. The maximum atomic E-state index is 12.1. The number of anilines is 1. The zero-order valence-electron chi connectivity index (χ0n) is 12.0. The van der Waals surface area contributed by atoms with Crippen LogP contribution in [0.4, 0.5) is 10.6 Å². The van der Waals surface area contributed by atoms with Gasteiger partial charge in [-0.25, -0.2) is 14.6 Å². The molecule has 2 heterocycles. The van der Waals surface area contributed by atoms with E-state index in [9.17, 15) is 9.59 Å². The predicted molar refractivity (Wildman–Crippen MR) is 79.9 cm³/mol. The average molecular weight is 289 g/mol. The molecule has 1 saturated heterocycles. The Morgan fingerprint density at radius 3 is 2.81 bits per heavy atom. The lowest BCUT2D eigenvalue weighted by molar-refractivity contribution is -0.131. The van der Waals surface area contributed by atoms with Crippen molar-refractivity contribution in [3.05, 3.63) is 30.0 Å². The van der Waals surface area contributed by atoms with Crippen LogP contribution in [0.5, 0.6) is 0 Å². The highest BCUT2D eigenvalue weighted by atomic mass is 16.4. The van der Waals surface area contributed by atoms with Crippen LogP contribution in [0.2, 0.25) is 0 Å². The minimum atomic E-state index is -1.01. The van der Waals surface area contributed by atoms with E-state index in [0.717, 1.165) is 32.0 Å². The predicted octanol–water partition coefficient (Wildman–Crippen LogP) is 2.44. The Morgan fingerprint density at radius 1 is 1.43 bits per heavy atom. The van der Waals surface area contributed by atoms with Gasteiger partial charge in [-0.15, -0.1) is 0 Å². The summed E-state index contributed by atoms with van der Waals surface area (Å²) >= 11 is 0. The van der Waals surface area contributed by atoms with Crippen molar-refractivity contribution in [2.75, 3.05) is 18.4 Å². The van der Waals surface area contributed by atoms with Crippen molar-refractivity contribution >= 4 is 23.9 Å². The fraction of sp³-hybridized carbons (Fsp3) is 0.400. The standard InChI is InChI=1S/C15H19N3O3/c1-11-5-8-18(9-6-11)15(21)17-13-10-12(4-7-16-13)2-3-14(19)20/h2-4,7,10-11H,5-6,8-9H2,1H3,(H,19,20)(H,16,17,21)/b3-2+. The zero-order valence-corrected chi connectivity index (χ0v) is 12.0. The lowest BCUT2D eigenvalue weighted by atomic mass is 10.00. The molecule has 2 amide bonds. The first-order valence-electron chi connectivity index (χ1n) is 6.97. The van der Waals surface area contributed by atoms with E-state index in [1.165, 1.54) is 12.3 Å². The maximum Gasteiger partial charge on any atom is 0.328 e. The second-order valence-electron chi connectivity index (χ2n) is 5.25. The average Bonchev–Trinajstić information content (AvgIpc) is 2.46. The summed E-state index contributed by atoms with van der Waals surface area (Å²) in [4.78, 5) is 28.5. The highest BCUT2D eigenvalue weighted by molar-refractivity contribution is 5.89. The van der Waals surface area contributed by atoms with E-state index in [4.69, 9.17) is 5.11 Å². The normalized spacial score (nSPS) is 16.1. The Kier molecular flexibility index (Phi) is 4.92. The number of carboxylic acids is 1. The van der Waals surface area contributed by atoms with Crippen LogP contribution in [0.25, 0.3) is 6.08 Å². The van der Waals surface area contributed by atoms with Crippen molar-refractivity contribution in [3.63, 3.8) is 0 Å². The molecule has 1 aliphatic heterocycles. The van der Waals surface area contributed by atoms with E-state index in [0.29, 0.717) is 17.3 Å². The van der Waals surface area contributed by atoms with E-state index < -0.39 is 5.97 Å². The number of hydrogen-bond donors (Lipinski definition) is 2. The van der Waals surface area contributed by atoms with Gasteiger partial charge in [-0.3, -0.25) is 5.32 Å². The molecule has 0 atom stereocenters. The van der Waals surface area contributed by atoms with E-state index in [2.05, 4.69) is 17.2 Å². The third-order valence-electron chi connectivity index (χ3n) is 3.51. The largest absolute Gasteiger partial charge is 0.478 e. The number of nitrogens with one attached hydrogen (secondary N) is 1. The summed E-state index contributed by atoms with van der Waals surface area (Å²) in [5.74, 6) is 0.0719. The number of amides is 2. The SMILES string of the molecule is CC1CCN(C(=O)Nc2cc(/C=C/C(=O)O)ccn2)CC1. The number of likely N-dealkylation sites (tertiary alicyclic amines) is 1. The first-order valence-corrected chi connectivity index (χ1v) is 6.97. The Labute approximate surface area is 123 Å². The van der Waals surface area contributed by atoms with Crippen LogP contribution >= 0.6 is 0 Å². The van der Waals surface area contributed by atoms with Crippen LogP contribution in [0.3, 0.4) is 0 Å². The number of piperidine rings is 1. The molecule has 0 bridgehead atoms. The fourth-order valence-electron chi connectivity index (χ4n) is 2.19. The van der Waals surface area contributed by atoms with Crippen LogP contribution < -0.4 is 5.32 Å². The van der Waals surface area contributed by atoms with Gasteiger partial charge in [-0.2, -0.15) is 0 Å². The van der Waals surface area contributed by atoms with Crippen molar-refractivity contribution in [2.45, 2.75) is 19.8 Å². The van der Waals surface area contributed by atoms with E-state index in [1.807, 2.05) is 0 Å². The van der Waals surface area contributed by atoms with Crippen LogP contribution in [-0.2, 0) is 4.79 Å². The minimum absolute atomic E-state index is 0.159. The van der Waals surface area contributed by atoms with Crippen LogP contribution in [0.15, 0.2) is 24.4 Å². The summed E-state index contributed by atoms with van der Waals surface area (Å²) in [6.07, 6.45) is 6.08. The van der Waals surface area contributed by atoms with Gasteiger partial charge in [0.05, 0.1) is 0 Å². The van der Waals surface area contributed by atoms with E-state index in [1.54, 1.807) is 17.0 Å². The van der Waals surface area contributed by atoms with Gasteiger partial charge in [0.1, 0.15) is 5.82 Å². The molecular weight excluding hydrogens is 270 g/mol. The Morgan fingerprint density at radius 2 is 2.14 bits per heavy atom. The molecule has 6 nitrogen and oxygen atoms in total. The summed E-state index contributed by atoms with van der Waals surface area (Å²) < 4.78 is 0. The Bertz CT molecular complexity index is 549. The molecule has 21 heavy (non-hydrogen) atoms. The molecule has 1 aromatic rings. The second kappa shape index (κ2) is 6.88. The monoisotopic (exact) mass is 289 g/mol. The molecule has 1 aliphatic rings. The fourth-order valence-corrected chi connectivity index (χ4v) is 2.19. The van der Waals surface area contributed by atoms with Crippen molar-refractivity contribution in [2.24, 2.45) is 5.92 Å². The number of nitrogens with zero attached hydrogens (tertiary/aromatic N) is 2. The van der Waals surface area contributed by atoms with Gasteiger partial charge in [-0.05, 0) is 42.5 Å². The molecule has 0 unspecified atom stereocenters.